The first-order valence-corrected chi connectivity index (χ1v) is 14.0. The Kier molecular flexibility index (Phi) is 14.6. The van der Waals surface area contributed by atoms with Gasteiger partial charge in [0.25, 0.3) is 0 Å². The summed E-state index contributed by atoms with van der Waals surface area (Å²) in [6.07, 6.45) is -2.34. The average Bonchev–Trinajstić information content (AvgIpc) is 2.85. The Balaban J connectivity index is 2.88. The van der Waals surface area contributed by atoms with Crippen LogP contribution in [0.1, 0.15) is 80.7 Å². The molecule has 1 rings (SSSR count). The van der Waals surface area contributed by atoms with Gasteiger partial charge in [-0.2, -0.15) is 0 Å². The van der Waals surface area contributed by atoms with E-state index in [4.69, 9.17) is 38.9 Å². The highest BCUT2D eigenvalue weighted by Crippen LogP contribution is 2.30. The van der Waals surface area contributed by atoms with E-state index in [1.165, 1.54) is 12.1 Å². The molecule has 238 valence electrons. The van der Waals surface area contributed by atoms with Crippen LogP contribution in [0.15, 0.2) is 18.2 Å². The molecule has 0 spiro atoms. The lowest BCUT2D eigenvalue weighted by atomic mass is 9.99. The molecule has 12 nitrogen and oxygen atoms in total. The molecule has 0 radical (unpaired) electrons. The van der Waals surface area contributed by atoms with Crippen molar-refractivity contribution in [2.75, 3.05) is 19.8 Å². The predicted octanol–water partition coefficient (Wildman–Crippen LogP) is 5.95. The summed E-state index contributed by atoms with van der Waals surface area (Å²) < 4.78 is 36.3. The van der Waals surface area contributed by atoms with Gasteiger partial charge < -0.3 is 38.9 Å². The lowest BCUT2D eigenvalue weighted by molar-refractivity contribution is -0.152. The third-order valence-corrected chi connectivity index (χ3v) is 5.14. The first-order valence-electron chi connectivity index (χ1n) is 14.0. The number of carbonyl (C=O) groups is 4. The van der Waals surface area contributed by atoms with E-state index >= 15 is 0 Å². The third-order valence-electron chi connectivity index (χ3n) is 5.14. The molecule has 0 saturated heterocycles. The largest absolute Gasteiger partial charge is 0.513 e. The molecule has 12 heteroatoms. The Morgan fingerprint density at radius 1 is 0.762 bits per heavy atom. The fourth-order valence-corrected chi connectivity index (χ4v) is 3.14. The second kappa shape index (κ2) is 16.8. The van der Waals surface area contributed by atoms with Crippen molar-refractivity contribution in [3.8, 4) is 11.5 Å². The molecule has 0 saturated carbocycles. The molecule has 1 aromatic rings. The number of carbonyl (C=O) groups excluding carboxylic acids is 4. The molecule has 0 aliphatic carbocycles. The zero-order chi connectivity index (χ0) is 32.1. The Bertz CT molecular complexity index is 1040. The Morgan fingerprint density at radius 2 is 1.31 bits per heavy atom. The summed E-state index contributed by atoms with van der Waals surface area (Å²) in [5.74, 6) is -0.957. The molecule has 3 atom stereocenters. The zero-order valence-electron chi connectivity index (χ0n) is 26.3. The number of rotatable bonds is 13. The molecule has 0 aromatic heterocycles. The van der Waals surface area contributed by atoms with Crippen molar-refractivity contribution in [1.82, 2.24) is 0 Å². The Labute approximate surface area is 248 Å². The molecular formula is C30H47NO11. The van der Waals surface area contributed by atoms with Crippen LogP contribution in [-0.2, 0) is 34.9 Å². The van der Waals surface area contributed by atoms with Crippen molar-refractivity contribution in [2.45, 2.75) is 99.8 Å². The number of hydrogen-bond donors (Lipinski definition) is 1. The van der Waals surface area contributed by atoms with Crippen LogP contribution in [0.4, 0.5) is 14.4 Å². The number of nitrogens with two attached hydrogens (primary N) is 1. The van der Waals surface area contributed by atoms with E-state index in [9.17, 15) is 19.2 Å². The molecule has 2 N–H and O–H groups in total. The summed E-state index contributed by atoms with van der Waals surface area (Å²) in [4.78, 5) is 48.9. The van der Waals surface area contributed by atoms with Crippen molar-refractivity contribution < 1.29 is 52.3 Å². The highest BCUT2D eigenvalue weighted by atomic mass is 16.7. The second-order valence-corrected chi connectivity index (χ2v) is 12.5. The molecule has 0 amide bonds. The van der Waals surface area contributed by atoms with E-state index in [0.29, 0.717) is 12.0 Å². The monoisotopic (exact) mass is 597 g/mol. The minimum atomic E-state index is -1.10. The minimum Gasteiger partial charge on any atom is -0.458 e. The van der Waals surface area contributed by atoms with Gasteiger partial charge in [0.15, 0.2) is 11.5 Å². The van der Waals surface area contributed by atoms with E-state index in [1.807, 2.05) is 48.5 Å². The highest BCUT2D eigenvalue weighted by Gasteiger charge is 2.24. The van der Waals surface area contributed by atoms with Gasteiger partial charge in [0, 0.05) is 0 Å². The maximum atomic E-state index is 12.6. The standard InChI is InChI=1S/C30H47NO11/c1-10-11-19(2)40-26(33)36-16-20(3)39-25(32)22(31)14-21-12-13-23(41-27(34)37-17-29(4,5)6)24(15-21)42-28(35)38-18-30(7,8)9/h12-13,15,19-20,22H,10-11,14,16-18,31H2,1-9H3/t19?,20-,22-/m0/s1. The molecule has 0 bridgehead atoms. The van der Waals surface area contributed by atoms with Gasteiger partial charge in [-0.1, -0.05) is 61.0 Å². The molecule has 0 fully saturated rings. The smallest absolute Gasteiger partial charge is 0.458 e. The molecule has 0 aliphatic heterocycles. The van der Waals surface area contributed by atoms with Crippen molar-refractivity contribution in [2.24, 2.45) is 16.6 Å². The maximum Gasteiger partial charge on any atom is 0.513 e. The first-order chi connectivity index (χ1) is 19.4. The molecule has 0 aliphatic rings. The van der Waals surface area contributed by atoms with Crippen LogP contribution < -0.4 is 15.2 Å². The van der Waals surface area contributed by atoms with Gasteiger partial charge in [-0.25, -0.2) is 14.4 Å². The molecule has 42 heavy (non-hydrogen) atoms. The molecule has 1 aromatic carbocycles. The van der Waals surface area contributed by atoms with Crippen molar-refractivity contribution in [1.29, 1.82) is 0 Å². The second-order valence-electron chi connectivity index (χ2n) is 12.5. The minimum absolute atomic E-state index is 0.00880. The van der Waals surface area contributed by atoms with E-state index in [-0.39, 0.29) is 54.7 Å². The van der Waals surface area contributed by atoms with Crippen LogP contribution in [0.2, 0.25) is 0 Å². The average molecular weight is 598 g/mol. The quantitative estimate of drug-likeness (QED) is 0.162. The number of hydrogen-bond acceptors (Lipinski definition) is 12. The summed E-state index contributed by atoms with van der Waals surface area (Å²) in [5.41, 5.74) is 5.94. The van der Waals surface area contributed by atoms with E-state index < -0.39 is 36.6 Å². The number of esters is 1. The van der Waals surface area contributed by atoms with E-state index in [0.717, 1.165) is 6.42 Å². The first kappa shape index (κ1) is 36.5. The van der Waals surface area contributed by atoms with Gasteiger partial charge >= 0.3 is 24.4 Å². The normalized spacial score (nSPS) is 13.7. The van der Waals surface area contributed by atoms with Gasteiger partial charge in [0.05, 0.1) is 13.2 Å². The number of benzene rings is 1. The SMILES string of the molecule is CCCC(C)OC(=O)OC[C@H](C)OC(=O)[C@@H](N)Cc1ccc(OC(=O)OCC(C)(C)C)c(OC(=O)OCC(C)(C)C)c1. The van der Waals surface area contributed by atoms with Crippen molar-refractivity contribution in [3.05, 3.63) is 23.8 Å². The van der Waals surface area contributed by atoms with Crippen LogP contribution in [-0.4, -0.2) is 62.5 Å². The van der Waals surface area contributed by atoms with Crippen LogP contribution in [0.5, 0.6) is 11.5 Å². The van der Waals surface area contributed by atoms with E-state index in [2.05, 4.69) is 0 Å². The predicted molar refractivity (Wildman–Crippen MR) is 153 cm³/mol. The van der Waals surface area contributed by atoms with Crippen LogP contribution >= 0.6 is 0 Å². The number of ether oxygens (including phenoxy) is 7. The van der Waals surface area contributed by atoms with Crippen LogP contribution in [0.25, 0.3) is 0 Å². The lowest BCUT2D eigenvalue weighted by Gasteiger charge is -2.19. The highest BCUT2D eigenvalue weighted by molar-refractivity contribution is 5.76. The molecule has 1 unspecified atom stereocenters. The zero-order valence-corrected chi connectivity index (χ0v) is 26.3. The summed E-state index contributed by atoms with van der Waals surface area (Å²) in [6, 6.07) is 3.23. The third kappa shape index (κ3) is 16.0. The topological polar surface area (TPSA) is 159 Å². The fourth-order valence-electron chi connectivity index (χ4n) is 3.14. The summed E-state index contributed by atoms with van der Waals surface area (Å²) in [7, 11) is 0. The van der Waals surface area contributed by atoms with Crippen molar-refractivity contribution in [3.63, 3.8) is 0 Å². The van der Waals surface area contributed by atoms with Crippen LogP contribution in [0, 0.1) is 10.8 Å². The maximum absolute atomic E-state index is 12.6. The summed E-state index contributed by atoms with van der Waals surface area (Å²) in [5, 5.41) is 0. The van der Waals surface area contributed by atoms with Gasteiger partial charge in [0.1, 0.15) is 24.9 Å². The molecule has 0 heterocycles. The Morgan fingerprint density at radius 3 is 1.83 bits per heavy atom. The van der Waals surface area contributed by atoms with Gasteiger partial charge in [0.2, 0.25) is 0 Å². The van der Waals surface area contributed by atoms with Crippen molar-refractivity contribution >= 4 is 24.4 Å². The van der Waals surface area contributed by atoms with Gasteiger partial charge in [-0.05, 0) is 55.2 Å². The summed E-state index contributed by atoms with van der Waals surface area (Å²) in [6.45, 7) is 16.6. The van der Waals surface area contributed by atoms with Gasteiger partial charge in [-0.3, -0.25) is 4.79 Å². The Hall–Kier alpha value is -3.54. The van der Waals surface area contributed by atoms with E-state index in [1.54, 1.807) is 19.9 Å². The lowest BCUT2D eigenvalue weighted by Crippen LogP contribution is -2.37. The van der Waals surface area contributed by atoms with Gasteiger partial charge in [-0.15, -0.1) is 0 Å². The molecular weight excluding hydrogens is 550 g/mol. The summed E-state index contributed by atoms with van der Waals surface area (Å²) >= 11 is 0. The fraction of sp³-hybridized carbons (Fsp3) is 0.667. The van der Waals surface area contributed by atoms with Crippen LogP contribution in [0.3, 0.4) is 0 Å².